The molecule has 23 heavy (non-hydrogen) atoms. The number of sulfonamides is 1. The van der Waals surface area contributed by atoms with Gasteiger partial charge >= 0.3 is 0 Å². The summed E-state index contributed by atoms with van der Waals surface area (Å²) >= 11 is 1.05. The van der Waals surface area contributed by atoms with Crippen molar-refractivity contribution in [1.82, 2.24) is 5.32 Å². The average molecular weight is 346 g/mol. The monoisotopic (exact) mass is 346 g/mol. The number of rotatable bonds is 4. The van der Waals surface area contributed by atoms with Crippen molar-refractivity contribution in [3.8, 4) is 0 Å². The highest BCUT2D eigenvalue weighted by Gasteiger charge is 2.13. The molecule has 0 saturated carbocycles. The van der Waals surface area contributed by atoms with Gasteiger partial charge in [0.05, 0.1) is 6.54 Å². The number of carbonyl (C=O) groups is 1. The van der Waals surface area contributed by atoms with Crippen LogP contribution in [0.2, 0.25) is 0 Å². The molecule has 0 radical (unpaired) electrons. The number of hydrogen-bond donors (Lipinski definition) is 2. The summed E-state index contributed by atoms with van der Waals surface area (Å²) in [4.78, 5) is 13.1. The van der Waals surface area contributed by atoms with E-state index in [1.807, 2.05) is 36.4 Å². The van der Waals surface area contributed by atoms with E-state index in [-0.39, 0.29) is 16.7 Å². The average Bonchev–Trinajstić information content (AvgIpc) is 3.01. The van der Waals surface area contributed by atoms with Gasteiger partial charge in [0, 0.05) is 10.4 Å². The maximum absolute atomic E-state index is 12.4. The minimum atomic E-state index is -3.70. The largest absolute Gasteiger partial charge is 0.347 e. The van der Waals surface area contributed by atoms with Crippen LogP contribution in [0.4, 0.5) is 0 Å². The number of primary sulfonamides is 1. The predicted octanol–water partition coefficient (Wildman–Crippen LogP) is 2.48. The zero-order valence-corrected chi connectivity index (χ0v) is 13.7. The summed E-state index contributed by atoms with van der Waals surface area (Å²) in [5.74, 6) is -0.202. The summed E-state index contributed by atoms with van der Waals surface area (Å²) in [7, 11) is -3.70. The summed E-state index contributed by atoms with van der Waals surface area (Å²) < 4.78 is 22.6. The molecule has 0 aliphatic heterocycles. The molecule has 2 aromatic carbocycles. The molecule has 0 atom stereocenters. The number of amides is 1. The first kappa shape index (κ1) is 15.7. The van der Waals surface area contributed by atoms with Crippen molar-refractivity contribution in [2.75, 3.05) is 0 Å². The highest BCUT2D eigenvalue weighted by atomic mass is 32.2. The normalized spacial score (nSPS) is 11.5. The summed E-state index contributed by atoms with van der Waals surface area (Å²) in [6, 6.07) is 16.3. The van der Waals surface area contributed by atoms with Gasteiger partial charge in [0.15, 0.2) is 0 Å². The predicted molar refractivity (Wildman–Crippen MR) is 90.8 cm³/mol. The number of benzene rings is 2. The van der Waals surface area contributed by atoms with Crippen molar-refractivity contribution in [3.63, 3.8) is 0 Å². The number of hydrogen-bond acceptors (Lipinski definition) is 4. The van der Waals surface area contributed by atoms with Crippen molar-refractivity contribution in [2.45, 2.75) is 10.8 Å². The Kier molecular flexibility index (Phi) is 4.16. The van der Waals surface area contributed by atoms with Gasteiger partial charge in [0.1, 0.15) is 4.21 Å². The van der Waals surface area contributed by atoms with Gasteiger partial charge < -0.3 is 5.32 Å². The van der Waals surface area contributed by atoms with Crippen LogP contribution in [0.25, 0.3) is 10.8 Å². The molecule has 1 aromatic heterocycles. The Hall–Kier alpha value is -2.22. The fraction of sp³-hybridized carbons (Fsp3) is 0.0625. The summed E-state index contributed by atoms with van der Waals surface area (Å²) in [5, 5.41) is 9.75. The van der Waals surface area contributed by atoms with Crippen LogP contribution in [-0.4, -0.2) is 14.3 Å². The molecule has 1 amide bonds. The molecule has 3 rings (SSSR count). The molecule has 0 aliphatic carbocycles. The molecule has 7 heteroatoms. The second-order valence-corrected chi connectivity index (χ2v) is 7.93. The van der Waals surface area contributed by atoms with Crippen LogP contribution in [0.3, 0.4) is 0 Å². The van der Waals surface area contributed by atoms with E-state index in [9.17, 15) is 13.2 Å². The summed E-state index contributed by atoms with van der Waals surface area (Å²) in [5.41, 5.74) is 0.589. The van der Waals surface area contributed by atoms with E-state index in [1.54, 1.807) is 12.1 Å². The maximum Gasteiger partial charge on any atom is 0.252 e. The lowest BCUT2D eigenvalue weighted by atomic mass is 10.0. The number of fused-ring (bicyclic) bond motifs is 1. The third kappa shape index (κ3) is 3.42. The second kappa shape index (κ2) is 6.11. The highest BCUT2D eigenvalue weighted by Crippen LogP contribution is 2.21. The zero-order chi connectivity index (χ0) is 16.4. The zero-order valence-electron chi connectivity index (χ0n) is 12.0. The third-order valence-electron chi connectivity index (χ3n) is 3.37. The van der Waals surface area contributed by atoms with E-state index < -0.39 is 10.0 Å². The van der Waals surface area contributed by atoms with Gasteiger partial charge in [-0.25, -0.2) is 13.6 Å². The fourth-order valence-electron chi connectivity index (χ4n) is 2.29. The number of nitrogens with two attached hydrogens (primary N) is 1. The Balaban J connectivity index is 1.78. The minimum Gasteiger partial charge on any atom is -0.347 e. The molecule has 118 valence electrons. The van der Waals surface area contributed by atoms with Gasteiger partial charge in [-0.1, -0.05) is 36.4 Å². The van der Waals surface area contributed by atoms with Crippen LogP contribution in [0, 0.1) is 0 Å². The van der Waals surface area contributed by atoms with Crippen molar-refractivity contribution < 1.29 is 13.2 Å². The van der Waals surface area contributed by atoms with Crippen molar-refractivity contribution in [2.24, 2.45) is 5.14 Å². The molecule has 0 unspecified atom stereocenters. The maximum atomic E-state index is 12.4. The van der Waals surface area contributed by atoms with E-state index >= 15 is 0 Å². The lowest BCUT2D eigenvalue weighted by Crippen LogP contribution is -2.22. The molecule has 0 bridgehead atoms. The summed E-state index contributed by atoms with van der Waals surface area (Å²) in [6.45, 7) is 0.252. The Morgan fingerprint density at radius 3 is 2.52 bits per heavy atom. The highest BCUT2D eigenvalue weighted by molar-refractivity contribution is 7.91. The van der Waals surface area contributed by atoms with E-state index in [1.165, 1.54) is 6.07 Å². The van der Waals surface area contributed by atoms with Crippen molar-refractivity contribution in [3.05, 3.63) is 65.0 Å². The number of carbonyl (C=O) groups excluding carboxylic acids is 1. The Bertz CT molecular complexity index is 972. The van der Waals surface area contributed by atoms with Gasteiger partial charge in [-0.2, -0.15) is 0 Å². The van der Waals surface area contributed by atoms with Crippen LogP contribution in [0.15, 0.2) is 58.8 Å². The van der Waals surface area contributed by atoms with Gasteiger partial charge in [-0.05, 0) is 29.0 Å². The SMILES string of the molecule is NS(=O)(=O)c1ccc(CNC(=O)c2cccc3ccccc23)s1. The Morgan fingerprint density at radius 1 is 1.04 bits per heavy atom. The second-order valence-electron chi connectivity index (χ2n) is 4.98. The standard InChI is InChI=1S/C16H14N2O3S2/c17-23(20,21)15-9-8-12(22-15)10-18-16(19)14-7-3-5-11-4-1-2-6-13(11)14/h1-9H,10H2,(H,18,19)(H2,17,20,21). The van der Waals surface area contributed by atoms with E-state index in [0.717, 1.165) is 27.0 Å². The van der Waals surface area contributed by atoms with Crippen molar-refractivity contribution >= 4 is 38.0 Å². The van der Waals surface area contributed by atoms with Crippen LogP contribution in [0.5, 0.6) is 0 Å². The molecule has 0 saturated heterocycles. The van der Waals surface area contributed by atoms with Gasteiger partial charge in [-0.15, -0.1) is 11.3 Å². The van der Waals surface area contributed by atoms with Crippen LogP contribution in [0.1, 0.15) is 15.2 Å². The minimum absolute atomic E-state index is 0.0897. The molecule has 0 aliphatic rings. The fourth-order valence-corrected chi connectivity index (χ4v) is 4.01. The molecular formula is C16H14N2O3S2. The third-order valence-corrected chi connectivity index (χ3v) is 5.90. The molecular weight excluding hydrogens is 332 g/mol. The molecule has 3 aromatic rings. The molecule has 1 heterocycles. The smallest absolute Gasteiger partial charge is 0.252 e. The summed E-state index contributed by atoms with van der Waals surface area (Å²) in [6.07, 6.45) is 0. The molecule has 5 nitrogen and oxygen atoms in total. The first-order valence-corrected chi connectivity index (χ1v) is 9.19. The van der Waals surface area contributed by atoms with Gasteiger partial charge in [-0.3, -0.25) is 4.79 Å². The van der Waals surface area contributed by atoms with Crippen LogP contribution >= 0.6 is 11.3 Å². The first-order valence-electron chi connectivity index (χ1n) is 6.82. The molecule has 0 spiro atoms. The number of nitrogens with one attached hydrogen (secondary N) is 1. The van der Waals surface area contributed by atoms with E-state index in [2.05, 4.69) is 5.32 Å². The van der Waals surface area contributed by atoms with E-state index in [4.69, 9.17) is 5.14 Å². The van der Waals surface area contributed by atoms with Gasteiger partial charge in [0.2, 0.25) is 10.0 Å². The Labute approximate surface area is 137 Å². The van der Waals surface area contributed by atoms with Crippen LogP contribution < -0.4 is 10.5 Å². The van der Waals surface area contributed by atoms with Crippen molar-refractivity contribution in [1.29, 1.82) is 0 Å². The topological polar surface area (TPSA) is 89.3 Å². The first-order chi connectivity index (χ1) is 10.9. The van der Waals surface area contributed by atoms with Gasteiger partial charge in [0.25, 0.3) is 5.91 Å². The quantitative estimate of drug-likeness (QED) is 0.760. The molecule has 3 N–H and O–H groups in total. The van der Waals surface area contributed by atoms with E-state index in [0.29, 0.717) is 5.56 Å². The van der Waals surface area contributed by atoms with Crippen LogP contribution in [-0.2, 0) is 16.6 Å². The molecule has 0 fully saturated rings. The number of thiophene rings is 1. The lowest BCUT2D eigenvalue weighted by Gasteiger charge is -2.07. The Morgan fingerprint density at radius 2 is 1.78 bits per heavy atom. The lowest BCUT2D eigenvalue weighted by molar-refractivity contribution is 0.0953.